The Bertz CT molecular complexity index is 1060. The van der Waals surface area contributed by atoms with Gasteiger partial charge in [0, 0.05) is 11.6 Å². The normalized spacial score (nSPS) is 17.6. The predicted octanol–water partition coefficient (Wildman–Crippen LogP) is 6.27. The second-order valence-corrected chi connectivity index (χ2v) is 8.98. The lowest BCUT2D eigenvalue weighted by atomic mass is 10.00. The van der Waals surface area contributed by atoms with E-state index < -0.39 is 0 Å². The summed E-state index contributed by atoms with van der Waals surface area (Å²) in [5, 5.41) is 1.55. The van der Waals surface area contributed by atoms with Gasteiger partial charge in [0.05, 0.1) is 17.4 Å². The molecule has 0 N–H and O–H groups in total. The van der Waals surface area contributed by atoms with E-state index >= 15 is 0 Å². The van der Waals surface area contributed by atoms with Crippen molar-refractivity contribution in [1.82, 2.24) is 4.90 Å². The van der Waals surface area contributed by atoms with Gasteiger partial charge in [0.15, 0.2) is 0 Å². The van der Waals surface area contributed by atoms with Crippen molar-refractivity contribution in [2.45, 2.75) is 45.4 Å². The Morgan fingerprint density at radius 3 is 2.67 bits per heavy atom. The summed E-state index contributed by atoms with van der Waals surface area (Å²) < 4.78 is 11.7. The van der Waals surface area contributed by atoms with Gasteiger partial charge >= 0.3 is 0 Å². The van der Waals surface area contributed by atoms with Crippen LogP contribution in [0.15, 0.2) is 45.6 Å². The van der Waals surface area contributed by atoms with Gasteiger partial charge in [0.25, 0.3) is 0 Å². The van der Waals surface area contributed by atoms with E-state index in [0.717, 1.165) is 12.3 Å². The number of benzene rings is 2. The zero-order valence-corrected chi connectivity index (χ0v) is 18.4. The molecule has 160 valence electrons. The number of hydrogen-bond acceptors (Lipinski definition) is 4. The average molecular weight is 428 g/mol. The van der Waals surface area contributed by atoms with Gasteiger partial charge in [-0.1, -0.05) is 31.4 Å². The van der Waals surface area contributed by atoms with Crippen molar-refractivity contribution < 1.29 is 9.15 Å². The molecule has 1 aromatic heterocycles. The summed E-state index contributed by atoms with van der Waals surface area (Å²) in [4.78, 5) is 15.4. The number of halogens is 1. The molecule has 1 unspecified atom stereocenters. The SMILES string of the molecule is CC1CCCN(CCCCCCOc2ccc3oc4ccc(Cl)cc4c(=O)c3c2)C1. The summed E-state index contributed by atoms with van der Waals surface area (Å²) in [6.07, 6.45) is 7.43. The first-order valence-electron chi connectivity index (χ1n) is 11.1. The largest absolute Gasteiger partial charge is 0.494 e. The van der Waals surface area contributed by atoms with E-state index in [-0.39, 0.29) is 5.43 Å². The summed E-state index contributed by atoms with van der Waals surface area (Å²) in [5.41, 5.74) is 1.03. The number of ether oxygens (including phenoxy) is 1. The Balaban J connectivity index is 1.26. The van der Waals surface area contributed by atoms with Crippen molar-refractivity contribution in [1.29, 1.82) is 0 Å². The maximum atomic E-state index is 12.8. The second kappa shape index (κ2) is 9.84. The minimum atomic E-state index is -0.0776. The Hall–Kier alpha value is -2.04. The minimum Gasteiger partial charge on any atom is -0.494 e. The number of hydrogen-bond donors (Lipinski definition) is 0. The highest BCUT2D eigenvalue weighted by atomic mass is 35.5. The molecule has 1 fully saturated rings. The molecule has 0 spiro atoms. The number of fused-ring (bicyclic) bond motifs is 2. The lowest BCUT2D eigenvalue weighted by molar-refractivity contribution is 0.180. The summed E-state index contributed by atoms with van der Waals surface area (Å²) in [5.74, 6) is 1.56. The molecule has 30 heavy (non-hydrogen) atoms. The topological polar surface area (TPSA) is 42.7 Å². The zero-order chi connectivity index (χ0) is 20.9. The molecule has 0 bridgehead atoms. The van der Waals surface area contributed by atoms with Gasteiger partial charge in [0.1, 0.15) is 16.9 Å². The first-order chi connectivity index (χ1) is 14.6. The van der Waals surface area contributed by atoms with Gasteiger partial charge in [-0.25, -0.2) is 0 Å². The highest BCUT2D eigenvalue weighted by molar-refractivity contribution is 6.31. The van der Waals surface area contributed by atoms with Gasteiger partial charge in [-0.3, -0.25) is 4.79 Å². The molecule has 4 rings (SSSR count). The van der Waals surface area contributed by atoms with Crippen LogP contribution in [0, 0.1) is 5.92 Å². The standard InChI is InChI=1S/C25H30ClNO3/c1-18-7-6-13-27(17-18)12-4-2-3-5-14-29-20-9-11-24-22(16-20)25(28)21-15-19(26)8-10-23(21)30-24/h8-11,15-16,18H,2-7,12-14,17H2,1H3. The molecule has 1 aliphatic heterocycles. The number of piperidine rings is 1. The third-order valence-corrected chi connectivity index (χ3v) is 6.22. The van der Waals surface area contributed by atoms with Crippen LogP contribution in [0.3, 0.4) is 0 Å². The van der Waals surface area contributed by atoms with E-state index in [1.807, 2.05) is 6.07 Å². The van der Waals surface area contributed by atoms with Crippen molar-refractivity contribution in [3.63, 3.8) is 0 Å². The summed E-state index contributed by atoms with van der Waals surface area (Å²) >= 11 is 6.04. The van der Waals surface area contributed by atoms with E-state index in [0.29, 0.717) is 39.3 Å². The van der Waals surface area contributed by atoms with E-state index in [2.05, 4.69) is 11.8 Å². The van der Waals surface area contributed by atoms with Crippen molar-refractivity contribution in [2.75, 3.05) is 26.2 Å². The van der Waals surface area contributed by atoms with Gasteiger partial charge in [-0.05, 0) is 81.1 Å². The molecule has 1 aliphatic rings. The lowest BCUT2D eigenvalue weighted by Gasteiger charge is -2.30. The van der Waals surface area contributed by atoms with Crippen LogP contribution in [0.4, 0.5) is 0 Å². The molecule has 0 saturated carbocycles. The number of nitrogens with zero attached hydrogens (tertiary/aromatic N) is 1. The van der Waals surface area contributed by atoms with Crippen molar-refractivity contribution >= 4 is 33.5 Å². The molecule has 2 heterocycles. The third-order valence-electron chi connectivity index (χ3n) is 5.98. The summed E-state index contributed by atoms with van der Waals surface area (Å²) in [7, 11) is 0. The van der Waals surface area contributed by atoms with Gasteiger partial charge < -0.3 is 14.1 Å². The minimum absolute atomic E-state index is 0.0776. The van der Waals surface area contributed by atoms with Crippen LogP contribution in [0.1, 0.15) is 45.4 Å². The molecule has 3 aromatic rings. The molecule has 1 atom stereocenters. The first-order valence-corrected chi connectivity index (χ1v) is 11.5. The molecule has 0 radical (unpaired) electrons. The maximum absolute atomic E-state index is 12.8. The van der Waals surface area contributed by atoms with Crippen LogP contribution in [0.5, 0.6) is 5.75 Å². The van der Waals surface area contributed by atoms with Crippen LogP contribution in [0.2, 0.25) is 5.02 Å². The Morgan fingerprint density at radius 2 is 1.83 bits per heavy atom. The Morgan fingerprint density at radius 1 is 1.07 bits per heavy atom. The van der Waals surface area contributed by atoms with Crippen molar-refractivity contribution in [3.8, 4) is 5.75 Å². The highest BCUT2D eigenvalue weighted by Crippen LogP contribution is 2.24. The molecule has 5 heteroatoms. The fourth-order valence-corrected chi connectivity index (χ4v) is 4.54. The summed E-state index contributed by atoms with van der Waals surface area (Å²) in [6.45, 7) is 6.78. The zero-order valence-electron chi connectivity index (χ0n) is 17.7. The van der Waals surface area contributed by atoms with Crippen LogP contribution in [-0.4, -0.2) is 31.1 Å². The molecular weight excluding hydrogens is 398 g/mol. The second-order valence-electron chi connectivity index (χ2n) is 8.54. The monoisotopic (exact) mass is 427 g/mol. The van der Waals surface area contributed by atoms with Gasteiger partial charge in [-0.2, -0.15) is 0 Å². The predicted molar refractivity (Wildman–Crippen MR) is 124 cm³/mol. The Labute approximate surface area is 182 Å². The highest BCUT2D eigenvalue weighted by Gasteiger charge is 2.15. The first kappa shape index (κ1) is 21.2. The smallest absolute Gasteiger partial charge is 0.200 e. The maximum Gasteiger partial charge on any atom is 0.200 e. The van der Waals surface area contributed by atoms with Crippen LogP contribution in [-0.2, 0) is 0 Å². The number of likely N-dealkylation sites (tertiary alicyclic amines) is 1. The fraction of sp³-hybridized carbons (Fsp3) is 0.480. The van der Waals surface area contributed by atoms with Crippen LogP contribution >= 0.6 is 11.6 Å². The number of rotatable bonds is 8. The third kappa shape index (κ3) is 5.16. The molecule has 0 aliphatic carbocycles. The number of unbranched alkanes of at least 4 members (excludes halogenated alkanes) is 3. The van der Waals surface area contributed by atoms with Crippen molar-refractivity contribution in [2.24, 2.45) is 5.92 Å². The van der Waals surface area contributed by atoms with Crippen LogP contribution in [0.25, 0.3) is 21.9 Å². The molecule has 2 aromatic carbocycles. The fourth-order valence-electron chi connectivity index (χ4n) is 4.37. The van der Waals surface area contributed by atoms with E-state index in [1.54, 1.807) is 30.3 Å². The van der Waals surface area contributed by atoms with Gasteiger partial charge in [0.2, 0.25) is 5.43 Å². The van der Waals surface area contributed by atoms with Gasteiger partial charge in [-0.15, -0.1) is 0 Å². The molecular formula is C25H30ClNO3. The van der Waals surface area contributed by atoms with Crippen molar-refractivity contribution in [3.05, 3.63) is 51.6 Å². The lowest BCUT2D eigenvalue weighted by Crippen LogP contribution is -2.34. The molecule has 4 nitrogen and oxygen atoms in total. The average Bonchev–Trinajstić information content (AvgIpc) is 2.74. The summed E-state index contributed by atoms with van der Waals surface area (Å²) in [6, 6.07) is 10.6. The van der Waals surface area contributed by atoms with E-state index in [9.17, 15) is 4.79 Å². The van der Waals surface area contributed by atoms with Crippen LogP contribution < -0.4 is 10.2 Å². The molecule has 0 amide bonds. The molecule has 1 saturated heterocycles. The van der Waals surface area contributed by atoms with E-state index in [4.69, 9.17) is 20.8 Å². The van der Waals surface area contributed by atoms with E-state index in [1.165, 1.54) is 51.7 Å². The Kier molecular flexibility index (Phi) is 6.96. The quantitative estimate of drug-likeness (QED) is 0.314.